The molecule has 0 N–H and O–H groups in total. The largest absolute Gasteiger partial charge is 0.462 e. The highest BCUT2D eigenvalue weighted by Crippen LogP contribution is 2.18. The molecule has 6 nitrogen and oxygen atoms in total. The monoisotopic (exact) mass is 863 g/mol. The van der Waals surface area contributed by atoms with Crippen LogP contribution in [-0.2, 0) is 28.6 Å². The highest BCUT2D eigenvalue weighted by Gasteiger charge is 2.19. The smallest absolute Gasteiger partial charge is 0.306 e. The van der Waals surface area contributed by atoms with Crippen molar-refractivity contribution in [1.82, 2.24) is 0 Å². The highest BCUT2D eigenvalue weighted by molar-refractivity contribution is 5.71. The Morgan fingerprint density at radius 3 is 0.852 bits per heavy atom. The van der Waals surface area contributed by atoms with Crippen molar-refractivity contribution in [3.05, 3.63) is 0 Å². The Morgan fingerprint density at radius 1 is 0.328 bits per heavy atom. The molecule has 0 spiro atoms. The normalized spacial score (nSPS) is 12.9. The fourth-order valence-electron chi connectivity index (χ4n) is 8.28. The molecule has 0 fully saturated rings. The molecule has 0 aliphatic rings. The lowest BCUT2D eigenvalue weighted by atomic mass is 9.99. The van der Waals surface area contributed by atoms with E-state index in [-0.39, 0.29) is 31.1 Å². The van der Waals surface area contributed by atoms with Gasteiger partial charge < -0.3 is 14.2 Å². The Hall–Kier alpha value is -1.59. The van der Waals surface area contributed by atoms with E-state index in [1.54, 1.807) is 0 Å². The summed E-state index contributed by atoms with van der Waals surface area (Å²) in [5.41, 5.74) is 0. The van der Waals surface area contributed by atoms with Crippen molar-refractivity contribution < 1.29 is 28.6 Å². The minimum atomic E-state index is -0.761. The first-order chi connectivity index (χ1) is 29.8. The van der Waals surface area contributed by atoms with Gasteiger partial charge >= 0.3 is 17.9 Å². The summed E-state index contributed by atoms with van der Waals surface area (Å²) in [6.07, 6.45) is 49.3. The second kappa shape index (κ2) is 47.9. The van der Waals surface area contributed by atoms with Gasteiger partial charge in [-0.1, -0.05) is 266 Å². The van der Waals surface area contributed by atoms with E-state index in [1.807, 2.05) is 0 Å². The van der Waals surface area contributed by atoms with Crippen LogP contribution in [0.25, 0.3) is 0 Å². The second-order valence-electron chi connectivity index (χ2n) is 19.4. The van der Waals surface area contributed by atoms with Gasteiger partial charge in [0.1, 0.15) is 13.2 Å². The van der Waals surface area contributed by atoms with Gasteiger partial charge in [-0.05, 0) is 31.1 Å². The van der Waals surface area contributed by atoms with Crippen LogP contribution in [0.4, 0.5) is 0 Å². The van der Waals surface area contributed by atoms with Crippen LogP contribution in [0.3, 0.4) is 0 Å². The van der Waals surface area contributed by atoms with E-state index in [2.05, 4.69) is 34.6 Å². The Balaban J connectivity index is 4.27. The van der Waals surface area contributed by atoms with Gasteiger partial charge in [0.15, 0.2) is 6.10 Å². The van der Waals surface area contributed by atoms with Crippen molar-refractivity contribution in [3.63, 3.8) is 0 Å². The molecular weight excluding hydrogens is 757 g/mol. The van der Waals surface area contributed by atoms with Crippen molar-refractivity contribution in [1.29, 1.82) is 0 Å². The summed E-state index contributed by atoms with van der Waals surface area (Å²) in [6, 6.07) is 0. The van der Waals surface area contributed by atoms with Crippen molar-refractivity contribution >= 4 is 17.9 Å². The Morgan fingerprint density at radius 2 is 0.574 bits per heavy atom. The van der Waals surface area contributed by atoms with Gasteiger partial charge in [0.05, 0.1) is 0 Å². The van der Waals surface area contributed by atoms with Gasteiger partial charge in [0.2, 0.25) is 0 Å². The molecule has 0 heterocycles. The molecule has 0 bridgehead atoms. The SMILES string of the molecule is CCCCCCCCCCCCCC(=O)O[C@H](COC(=O)CCCCCCCCCCCCCCCCC(C)CC)COC(=O)CCCCCCCCCCCCC(C)CC. The van der Waals surface area contributed by atoms with Crippen molar-refractivity contribution in [2.75, 3.05) is 13.2 Å². The summed E-state index contributed by atoms with van der Waals surface area (Å²) in [5, 5.41) is 0. The summed E-state index contributed by atoms with van der Waals surface area (Å²) in [6.45, 7) is 11.4. The summed E-state index contributed by atoms with van der Waals surface area (Å²) < 4.78 is 16.8. The number of carbonyl (C=O) groups excluding carboxylic acids is 3. The Bertz CT molecular complexity index is 935. The summed E-state index contributed by atoms with van der Waals surface area (Å²) in [7, 11) is 0. The number of ether oxygens (including phenoxy) is 3. The zero-order valence-corrected chi connectivity index (χ0v) is 41.8. The van der Waals surface area contributed by atoms with Gasteiger partial charge in [-0.2, -0.15) is 0 Å². The lowest BCUT2D eigenvalue weighted by Crippen LogP contribution is -2.30. The van der Waals surface area contributed by atoms with Crippen molar-refractivity contribution in [2.24, 2.45) is 11.8 Å². The molecule has 0 aromatic heterocycles. The maximum Gasteiger partial charge on any atom is 0.306 e. The topological polar surface area (TPSA) is 78.9 Å². The third kappa shape index (κ3) is 46.2. The van der Waals surface area contributed by atoms with Crippen LogP contribution in [0.1, 0.15) is 304 Å². The number of carbonyl (C=O) groups is 3. The molecule has 0 rings (SSSR count). The molecule has 61 heavy (non-hydrogen) atoms. The maximum atomic E-state index is 12.8. The molecule has 0 amide bonds. The first kappa shape index (κ1) is 59.4. The number of hydrogen-bond acceptors (Lipinski definition) is 6. The second-order valence-corrected chi connectivity index (χ2v) is 19.4. The summed E-state index contributed by atoms with van der Waals surface area (Å²) in [4.78, 5) is 38.0. The van der Waals surface area contributed by atoms with E-state index in [1.165, 1.54) is 193 Å². The molecule has 0 aliphatic heterocycles. The number of unbranched alkanes of at least 4 members (excludes halogenated alkanes) is 32. The van der Waals surface area contributed by atoms with Crippen LogP contribution in [0.15, 0.2) is 0 Å². The quantitative estimate of drug-likeness (QED) is 0.0344. The van der Waals surface area contributed by atoms with Gasteiger partial charge in [-0.25, -0.2) is 0 Å². The number of rotatable bonds is 49. The molecule has 0 aliphatic carbocycles. The Labute approximate surface area is 380 Å². The van der Waals surface area contributed by atoms with Crippen molar-refractivity contribution in [3.8, 4) is 0 Å². The van der Waals surface area contributed by atoms with E-state index in [0.717, 1.165) is 69.6 Å². The lowest BCUT2D eigenvalue weighted by Gasteiger charge is -2.18. The first-order valence-electron chi connectivity index (χ1n) is 27.3. The van der Waals surface area contributed by atoms with E-state index in [0.29, 0.717) is 19.3 Å². The van der Waals surface area contributed by atoms with Crippen LogP contribution in [-0.4, -0.2) is 37.2 Å². The van der Waals surface area contributed by atoms with E-state index < -0.39 is 6.10 Å². The summed E-state index contributed by atoms with van der Waals surface area (Å²) in [5.74, 6) is 0.920. The predicted octanol–water partition coefficient (Wildman–Crippen LogP) is 17.7. The molecule has 6 heteroatoms. The lowest BCUT2D eigenvalue weighted by molar-refractivity contribution is -0.167. The van der Waals surface area contributed by atoms with E-state index in [9.17, 15) is 14.4 Å². The van der Waals surface area contributed by atoms with Gasteiger partial charge in [-0.15, -0.1) is 0 Å². The van der Waals surface area contributed by atoms with Crippen LogP contribution in [0.5, 0.6) is 0 Å². The summed E-state index contributed by atoms with van der Waals surface area (Å²) >= 11 is 0. The first-order valence-corrected chi connectivity index (χ1v) is 27.3. The highest BCUT2D eigenvalue weighted by atomic mass is 16.6. The Kier molecular flexibility index (Phi) is 46.6. The molecule has 0 aromatic carbocycles. The van der Waals surface area contributed by atoms with E-state index in [4.69, 9.17) is 14.2 Å². The minimum Gasteiger partial charge on any atom is -0.462 e. The van der Waals surface area contributed by atoms with Gasteiger partial charge in [-0.3, -0.25) is 14.4 Å². The molecule has 0 aromatic rings. The average molecular weight is 863 g/mol. The van der Waals surface area contributed by atoms with E-state index >= 15 is 0 Å². The van der Waals surface area contributed by atoms with Crippen LogP contribution in [0, 0.1) is 11.8 Å². The maximum absolute atomic E-state index is 12.8. The molecule has 2 unspecified atom stereocenters. The molecule has 0 saturated carbocycles. The van der Waals surface area contributed by atoms with Gasteiger partial charge in [0, 0.05) is 19.3 Å². The fourth-order valence-corrected chi connectivity index (χ4v) is 8.28. The third-order valence-corrected chi connectivity index (χ3v) is 13.2. The molecule has 3 atom stereocenters. The minimum absolute atomic E-state index is 0.0633. The van der Waals surface area contributed by atoms with Crippen molar-refractivity contribution in [2.45, 2.75) is 310 Å². The number of esters is 3. The number of hydrogen-bond donors (Lipinski definition) is 0. The molecule has 0 saturated heterocycles. The fraction of sp³-hybridized carbons (Fsp3) is 0.945. The van der Waals surface area contributed by atoms with Crippen LogP contribution >= 0.6 is 0 Å². The molecular formula is C55H106O6. The zero-order chi connectivity index (χ0) is 44.7. The average Bonchev–Trinajstić information content (AvgIpc) is 3.26. The molecule has 0 radical (unpaired) electrons. The predicted molar refractivity (Wildman–Crippen MR) is 261 cm³/mol. The van der Waals surface area contributed by atoms with Crippen LogP contribution in [0.2, 0.25) is 0 Å². The molecule has 362 valence electrons. The zero-order valence-electron chi connectivity index (χ0n) is 41.8. The standard InChI is InChI=1S/C55H106O6/c1-6-9-10-11-12-13-18-27-32-37-42-47-55(58)61-52(49-60-54(57)46-41-36-31-26-22-21-24-29-34-39-44-51(5)8-3)48-59-53(56)45-40-35-30-25-20-17-15-14-16-19-23-28-33-38-43-50(4)7-2/h50-52H,6-49H2,1-5H3/t50?,51?,52-/m1/s1. The third-order valence-electron chi connectivity index (χ3n) is 13.2. The van der Waals surface area contributed by atoms with Crippen LogP contribution < -0.4 is 0 Å². The van der Waals surface area contributed by atoms with Gasteiger partial charge in [0.25, 0.3) is 0 Å².